The largest absolute Gasteiger partial charge is 0.478 e. The minimum absolute atomic E-state index is 0.0728. The van der Waals surface area contributed by atoms with Crippen LogP contribution in [0.2, 0.25) is 0 Å². The summed E-state index contributed by atoms with van der Waals surface area (Å²) in [7, 11) is 0. The van der Waals surface area contributed by atoms with Crippen molar-refractivity contribution in [2.75, 3.05) is 0 Å². The molecule has 2 heterocycles. The Morgan fingerprint density at radius 2 is 2.05 bits per heavy atom. The van der Waals surface area contributed by atoms with E-state index in [0.29, 0.717) is 5.69 Å². The first-order valence-electron chi connectivity index (χ1n) is 6.63. The van der Waals surface area contributed by atoms with Gasteiger partial charge in [-0.3, -0.25) is 9.89 Å². The number of aromatic nitrogens is 3. The number of carboxylic acids is 1. The third kappa shape index (κ3) is 2.54. The van der Waals surface area contributed by atoms with Crippen LogP contribution in [0.15, 0.2) is 53.5 Å². The Kier molecular flexibility index (Phi) is 3.34. The standard InChI is InChI=1S/C16H13N3O3/c1-10-3-2-4-11(7-10)13-9-15(20)19(18-13)14-8-12(16(21)22)5-6-17-14/h2-9,18H,1H3,(H,21,22). The van der Waals surface area contributed by atoms with Gasteiger partial charge in [0.1, 0.15) is 0 Å². The van der Waals surface area contributed by atoms with Gasteiger partial charge in [-0.05, 0) is 30.7 Å². The van der Waals surface area contributed by atoms with Gasteiger partial charge in [-0.15, -0.1) is 0 Å². The summed E-state index contributed by atoms with van der Waals surface area (Å²) in [5.41, 5.74) is 2.38. The number of nitrogens with zero attached hydrogens (tertiary/aromatic N) is 2. The molecule has 2 aromatic heterocycles. The quantitative estimate of drug-likeness (QED) is 0.775. The van der Waals surface area contributed by atoms with Gasteiger partial charge in [0.25, 0.3) is 5.56 Å². The van der Waals surface area contributed by atoms with Crippen LogP contribution < -0.4 is 5.56 Å². The van der Waals surface area contributed by atoms with Gasteiger partial charge in [0.05, 0.1) is 11.3 Å². The van der Waals surface area contributed by atoms with E-state index in [1.807, 2.05) is 31.2 Å². The number of H-pyrrole nitrogens is 1. The molecular weight excluding hydrogens is 282 g/mol. The summed E-state index contributed by atoms with van der Waals surface area (Å²) in [5.74, 6) is -0.828. The van der Waals surface area contributed by atoms with Gasteiger partial charge in [-0.1, -0.05) is 23.8 Å². The van der Waals surface area contributed by atoms with E-state index < -0.39 is 5.97 Å². The molecule has 3 rings (SSSR count). The molecule has 6 heteroatoms. The first kappa shape index (κ1) is 13.8. The highest BCUT2D eigenvalue weighted by Crippen LogP contribution is 2.17. The van der Waals surface area contributed by atoms with Crippen molar-refractivity contribution in [1.82, 2.24) is 14.8 Å². The van der Waals surface area contributed by atoms with E-state index in [4.69, 9.17) is 5.11 Å². The van der Waals surface area contributed by atoms with Crippen LogP contribution in [0.5, 0.6) is 0 Å². The number of hydrogen-bond acceptors (Lipinski definition) is 3. The van der Waals surface area contributed by atoms with Crippen LogP contribution in [-0.4, -0.2) is 25.8 Å². The molecule has 0 radical (unpaired) electrons. The summed E-state index contributed by atoms with van der Waals surface area (Å²) in [4.78, 5) is 27.2. The molecule has 0 aliphatic rings. The predicted octanol–water partition coefficient (Wildman–Crippen LogP) is 2.23. The zero-order valence-corrected chi connectivity index (χ0v) is 11.8. The van der Waals surface area contributed by atoms with Gasteiger partial charge in [0.15, 0.2) is 5.82 Å². The molecular formula is C16H13N3O3. The molecule has 0 saturated heterocycles. The maximum atomic E-state index is 12.1. The summed E-state index contributed by atoms with van der Waals surface area (Å²) in [5, 5.41) is 12.0. The number of hydrogen-bond donors (Lipinski definition) is 2. The van der Waals surface area contributed by atoms with Crippen LogP contribution in [0.3, 0.4) is 0 Å². The molecule has 2 N–H and O–H groups in total. The fraction of sp³-hybridized carbons (Fsp3) is 0.0625. The summed E-state index contributed by atoms with van der Waals surface area (Å²) in [6.07, 6.45) is 1.36. The normalized spacial score (nSPS) is 10.6. The van der Waals surface area contributed by atoms with Crippen molar-refractivity contribution < 1.29 is 9.90 Å². The summed E-state index contributed by atoms with van der Waals surface area (Å²) >= 11 is 0. The van der Waals surface area contributed by atoms with Crippen molar-refractivity contribution in [3.05, 3.63) is 70.1 Å². The lowest BCUT2D eigenvalue weighted by Gasteiger charge is -2.03. The van der Waals surface area contributed by atoms with E-state index in [0.717, 1.165) is 11.1 Å². The van der Waals surface area contributed by atoms with Gasteiger partial charge in [0.2, 0.25) is 0 Å². The first-order chi connectivity index (χ1) is 10.5. The molecule has 0 amide bonds. The van der Waals surface area contributed by atoms with Gasteiger partial charge in [0, 0.05) is 12.3 Å². The highest BCUT2D eigenvalue weighted by molar-refractivity contribution is 5.87. The predicted molar refractivity (Wildman–Crippen MR) is 81.3 cm³/mol. The van der Waals surface area contributed by atoms with Gasteiger partial charge in [-0.2, -0.15) is 0 Å². The lowest BCUT2D eigenvalue weighted by atomic mass is 10.1. The lowest BCUT2D eigenvalue weighted by molar-refractivity contribution is 0.0696. The number of pyridine rings is 1. The number of aromatic carboxylic acids is 1. The summed E-state index contributed by atoms with van der Waals surface area (Å²) < 4.78 is 1.23. The maximum absolute atomic E-state index is 12.1. The Morgan fingerprint density at radius 1 is 1.23 bits per heavy atom. The summed E-state index contributed by atoms with van der Waals surface area (Å²) in [6, 6.07) is 11.9. The molecule has 0 aliphatic carbocycles. The number of carboxylic acid groups (broad SMARTS) is 1. The fourth-order valence-corrected chi connectivity index (χ4v) is 2.20. The molecule has 1 aromatic carbocycles. The molecule has 0 aliphatic heterocycles. The first-order valence-corrected chi connectivity index (χ1v) is 6.63. The van der Waals surface area contributed by atoms with E-state index in [1.54, 1.807) is 0 Å². The number of aromatic amines is 1. The molecule has 0 unspecified atom stereocenters. The summed E-state index contributed by atoms with van der Waals surface area (Å²) in [6.45, 7) is 1.97. The maximum Gasteiger partial charge on any atom is 0.335 e. The third-order valence-corrected chi connectivity index (χ3v) is 3.27. The molecule has 3 aromatic rings. The van der Waals surface area contributed by atoms with Crippen molar-refractivity contribution in [3.8, 4) is 17.1 Å². The Labute approximate surface area is 125 Å². The minimum Gasteiger partial charge on any atom is -0.478 e. The smallest absolute Gasteiger partial charge is 0.335 e. The third-order valence-electron chi connectivity index (χ3n) is 3.27. The second-order valence-electron chi connectivity index (χ2n) is 4.92. The Morgan fingerprint density at radius 3 is 2.77 bits per heavy atom. The molecule has 6 nitrogen and oxygen atoms in total. The zero-order chi connectivity index (χ0) is 15.7. The molecule has 0 atom stereocenters. The van der Waals surface area contributed by atoms with E-state index in [-0.39, 0.29) is 16.9 Å². The monoisotopic (exact) mass is 295 g/mol. The van der Waals surface area contributed by atoms with E-state index in [2.05, 4.69) is 10.1 Å². The fourth-order valence-electron chi connectivity index (χ4n) is 2.20. The minimum atomic E-state index is -1.07. The molecule has 110 valence electrons. The molecule has 0 saturated carbocycles. The zero-order valence-electron chi connectivity index (χ0n) is 11.8. The van der Waals surface area contributed by atoms with Crippen LogP contribution in [0.1, 0.15) is 15.9 Å². The van der Waals surface area contributed by atoms with Crippen molar-refractivity contribution in [3.63, 3.8) is 0 Å². The molecule has 22 heavy (non-hydrogen) atoms. The number of carbonyl (C=O) groups is 1. The van der Waals surface area contributed by atoms with Crippen LogP contribution in [0, 0.1) is 6.92 Å². The second kappa shape index (κ2) is 5.33. The highest BCUT2D eigenvalue weighted by Gasteiger charge is 2.10. The average molecular weight is 295 g/mol. The van der Waals surface area contributed by atoms with Crippen LogP contribution in [-0.2, 0) is 0 Å². The molecule has 0 spiro atoms. The van der Waals surface area contributed by atoms with Crippen LogP contribution in [0.25, 0.3) is 17.1 Å². The Balaban J connectivity index is 2.08. The Bertz CT molecular complexity index is 909. The van der Waals surface area contributed by atoms with Gasteiger partial charge in [-0.25, -0.2) is 14.5 Å². The second-order valence-corrected chi connectivity index (χ2v) is 4.92. The van der Waals surface area contributed by atoms with Gasteiger partial charge < -0.3 is 5.11 Å². The lowest BCUT2D eigenvalue weighted by Crippen LogP contribution is -2.15. The van der Waals surface area contributed by atoms with Crippen LogP contribution in [0.4, 0.5) is 0 Å². The number of nitrogens with one attached hydrogen (secondary N) is 1. The molecule has 0 bridgehead atoms. The molecule has 0 fully saturated rings. The van der Waals surface area contributed by atoms with Crippen molar-refractivity contribution in [2.45, 2.75) is 6.92 Å². The SMILES string of the molecule is Cc1cccc(-c2cc(=O)n(-c3cc(C(=O)O)ccn3)[nH]2)c1. The topological polar surface area (TPSA) is 88.0 Å². The number of rotatable bonds is 3. The number of aryl methyl sites for hydroxylation is 1. The average Bonchev–Trinajstić information content (AvgIpc) is 2.89. The van der Waals surface area contributed by atoms with E-state index in [9.17, 15) is 9.59 Å². The van der Waals surface area contributed by atoms with Crippen molar-refractivity contribution >= 4 is 5.97 Å². The van der Waals surface area contributed by atoms with Crippen molar-refractivity contribution in [2.24, 2.45) is 0 Å². The van der Waals surface area contributed by atoms with E-state index in [1.165, 1.54) is 29.1 Å². The van der Waals surface area contributed by atoms with Crippen molar-refractivity contribution in [1.29, 1.82) is 0 Å². The number of benzene rings is 1. The Hall–Kier alpha value is -3.15. The highest BCUT2D eigenvalue weighted by atomic mass is 16.4. The van der Waals surface area contributed by atoms with E-state index >= 15 is 0 Å². The van der Waals surface area contributed by atoms with Gasteiger partial charge >= 0.3 is 5.97 Å². The van der Waals surface area contributed by atoms with Crippen LogP contribution >= 0.6 is 0 Å².